The summed E-state index contributed by atoms with van der Waals surface area (Å²) in [4.78, 5) is 33.8. The molecule has 0 bridgehead atoms. The zero-order valence-electron chi connectivity index (χ0n) is 25.1. The Morgan fingerprint density at radius 1 is 1.15 bits per heavy atom. The van der Waals surface area contributed by atoms with E-state index in [4.69, 9.17) is 9.72 Å². The minimum absolute atomic E-state index is 0.00386. The van der Waals surface area contributed by atoms with E-state index in [1.807, 2.05) is 74.5 Å². The molecule has 41 heavy (non-hydrogen) atoms. The van der Waals surface area contributed by atoms with Crippen molar-refractivity contribution in [1.29, 1.82) is 0 Å². The maximum atomic E-state index is 14.0. The van der Waals surface area contributed by atoms with Crippen LogP contribution in [0, 0.1) is 19.8 Å². The fraction of sp³-hybridized carbons (Fsp3) is 0.515. The fourth-order valence-electron chi connectivity index (χ4n) is 6.01. The first-order valence-corrected chi connectivity index (χ1v) is 14.9. The summed E-state index contributed by atoms with van der Waals surface area (Å²) >= 11 is 0. The third kappa shape index (κ3) is 7.16. The molecule has 0 radical (unpaired) electrons. The molecule has 1 N–H and O–H groups in total. The summed E-state index contributed by atoms with van der Waals surface area (Å²) in [6.45, 7) is 11.9. The molecule has 2 aliphatic heterocycles. The van der Waals surface area contributed by atoms with Gasteiger partial charge in [-0.1, -0.05) is 18.2 Å². The Labute approximate surface area is 243 Å². The first-order valence-electron chi connectivity index (χ1n) is 14.9. The number of pyridine rings is 1. The van der Waals surface area contributed by atoms with Crippen molar-refractivity contribution in [2.75, 3.05) is 25.0 Å². The lowest BCUT2D eigenvalue weighted by molar-refractivity contribution is -0.157. The van der Waals surface area contributed by atoms with Gasteiger partial charge in [-0.25, -0.2) is 9.67 Å². The number of ether oxygens (including phenoxy) is 1. The van der Waals surface area contributed by atoms with Gasteiger partial charge in [-0.2, -0.15) is 5.10 Å². The van der Waals surface area contributed by atoms with E-state index in [2.05, 4.69) is 22.5 Å². The molecule has 8 nitrogen and oxygen atoms in total. The van der Waals surface area contributed by atoms with Crippen LogP contribution in [-0.4, -0.2) is 56.8 Å². The highest BCUT2D eigenvalue weighted by molar-refractivity contribution is 5.88. The van der Waals surface area contributed by atoms with Gasteiger partial charge in [0.1, 0.15) is 11.4 Å². The Morgan fingerprint density at radius 3 is 2.73 bits per heavy atom. The van der Waals surface area contributed by atoms with Gasteiger partial charge in [0.2, 0.25) is 5.91 Å². The average Bonchev–Trinajstić information content (AvgIpc) is 3.55. The highest BCUT2D eigenvalue weighted by Gasteiger charge is 2.34. The molecule has 4 heterocycles. The largest absolute Gasteiger partial charge is 0.460 e. The molecule has 2 aromatic heterocycles. The molecule has 8 heteroatoms. The average molecular weight is 558 g/mol. The minimum Gasteiger partial charge on any atom is -0.460 e. The number of rotatable bonds is 8. The normalized spacial score (nSPS) is 17.6. The Morgan fingerprint density at radius 2 is 1.98 bits per heavy atom. The van der Waals surface area contributed by atoms with Gasteiger partial charge in [-0.05, 0) is 108 Å². The summed E-state index contributed by atoms with van der Waals surface area (Å²) in [5, 5.41) is 8.03. The zero-order chi connectivity index (χ0) is 29.1. The van der Waals surface area contributed by atoms with Gasteiger partial charge in [0.25, 0.3) is 0 Å². The van der Waals surface area contributed by atoms with Gasteiger partial charge in [0.15, 0.2) is 0 Å². The van der Waals surface area contributed by atoms with Crippen LogP contribution in [0.4, 0.5) is 5.82 Å². The Balaban J connectivity index is 1.30. The van der Waals surface area contributed by atoms with Crippen LogP contribution in [0.2, 0.25) is 0 Å². The number of benzene rings is 1. The number of likely N-dealkylation sites (tertiary alicyclic amines) is 1. The molecule has 1 saturated heterocycles. The van der Waals surface area contributed by atoms with Crippen molar-refractivity contribution in [1.82, 2.24) is 19.7 Å². The molecule has 5 rings (SSSR count). The summed E-state index contributed by atoms with van der Waals surface area (Å²) in [5.41, 5.74) is 5.42. The fourth-order valence-corrected chi connectivity index (χ4v) is 6.01. The number of fused-ring (bicyclic) bond motifs is 1. The lowest BCUT2D eigenvalue weighted by atomic mass is 9.93. The van der Waals surface area contributed by atoms with E-state index in [1.54, 1.807) is 0 Å². The number of amides is 1. The number of aromatic nitrogens is 3. The van der Waals surface area contributed by atoms with Crippen LogP contribution in [-0.2, 0) is 27.2 Å². The second kappa shape index (κ2) is 12.0. The number of nitrogens with zero attached hydrogens (tertiary/aromatic N) is 4. The van der Waals surface area contributed by atoms with E-state index in [0.29, 0.717) is 19.0 Å². The minimum atomic E-state index is -0.617. The summed E-state index contributed by atoms with van der Waals surface area (Å²) in [6.07, 6.45) is 5.09. The highest BCUT2D eigenvalue weighted by atomic mass is 16.6. The molecule has 0 aliphatic carbocycles. The molecule has 218 valence electrons. The Bertz CT molecular complexity index is 1410. The lowest BCUT2D eigenvalue weighted by Gasteiger charge is -2.26. The molecule has 3 aromatic rings. The SMILES string of the molecule is Cc1cc(C)n(-c2cccc(C(CC(=O)OC(C)(C)C)C(=O)N3CC[C@@H](CCc4ccc5c(n4)NCCC5)C3)c2)n1. The van der Waals surface area contributed by atoms with E-state index in [0.717, 1.165) is 72.8 Å². The maximum Gasteiger partial charge on any atom is 0.307 e. The molecule has 0 saturated carbocycles. The summed E-state index contributed by atoms with van der Waals surface area (Å²) in [7, 11) is 0. The van der Waals surface area contributed by atoms with Crippen LogP contribution in [0.5, 0.6) is 0 Å². The number of carbonyl (C=O) groups excluding carboxylic acids is 2. The van der Waals surface area contributed by atoms with Gasteiger partial charge in [0, 0.05) is 31.0 Å². The van der Waals surface area contributed by atoms with Crippen molar-refractivity contribution in [2.45, 2.75) is 84.7 Å². The van der Waals surface area contributed by atoms with Gasteiger partial charge in [0.05, 0.1) is 23.7 Å². The molecular weight excluding hydrogens is 514 g/mol. The van der Waals surface area contributed by atoms with E-state index >= 15 is 0 Å². The summed E-state index contributed by atoms with van der Waals surface area (Å²) in [6, 6.07) is 14.2. The van der Waals surface area contributed by atoms with E-state index < -0.39 is 11.5 Å². The van der Waals surface area contributed by atoms with Crippen LogP contribution >= 0.6 is 0 Å². The maximum absolute atomic E-state index is 14.0. The van der Waals surface area contributed by atoms with E-state index in [9.17, 15) is 9.59 Å². The first-order chi connectivity index (χ1) is 19.6. The Kier molecular flexibility index (Phi) is 8.47. The molecule has 1 amide bonds. The van der Waals surface area contributed by atoms with Gasteiger partial charge < -0.3 is 15.0 Å². The number of carbonyl (C=O) groups is 2. The number of hydrogen-bond donors (Lipinski definition) is 1. The third-order valence-electron chi connectivity index (χ3n) is 7.97. The Hall–Kier alpha value is -3.68. The quantitative estimate of drug-likeness (QED) is 0.366. The number of aryl methyl sites for hydroxylation is 4. The smallest absolute Gasteiger partial charge is 0.307 e. The second-order valence-electron chi connectivity index (χ2n) is 12.6. The van der Waals surface area contributed by atoms with Gasteiger partial charge in [-0.3, -0.25) is 9.59 Å². The van der Waals surface area contributed by atoms with Crippen LogP contribution < -0.4 is 5.32 Å². The lowest BCUT2D eigenvalue weighted by Crippen LogP contribution is -2.35. The van der Waals surface area contributed by atoms with Crippen LogP contribution in [0.15, 0.2) is 42.5 Å². The standard InChI is InChI=1S/C33H43N5O3/c1-22-18-23(2)38(36-22)28-10-6-8-26(19-28)29(20-30(39)41-33(3,4)5)32(40)37-17-15-24(21-37)11-13-27-14-12-25-9-7-16-34-31(25)35-27/h6,8,10,12,14,18-19,24,29H,7,9,11,13,15-17,20-21H2,1-5H3,(H,34,35)/t24-,29?/m1/s1. The van der Waals surface area contributed by atoms with E-state index in [-0.39, 0.29) is 18.3 Å². The van der Waals surface area contributed by atoms with Crippen molar-refractivity contribution in [3.63, 3.8) is 0 Å². The van der Waals surface area contributed by atoms with Crippen LogP contribution in [0.1, 0.15) is 80.6 Å². The molecule has 1 unspecified atom stereocenters. The predicted octanol–water partition coefficient (Wildman–Crippen LogP) is 5.54. The summed E-state index contributed by atoms with van der Waals surface area (Å²) < 4.78 is 7.53. The second-order valence-corrected chi connectivity index (χ2v) is 12.6. The van der Waals surface area contributed by atoms with Crippen molar-refractivity contribution in [2.24, 2.45) is 5.92 Å². The van der Waals surface area contributed by atoms with Crippen molar-refractivity contribution in [3.05, 3.63) is 70.7 Å². The zero-order valence-corrected chi connectivity index (χ0v) is 25.1. The number of esters is 1. The highest BCUT2D eigenvalue weighted by Crippen LogP contribution is 2.31. The summed E-state index contributed by atoms with van der Waals surface area (Å²) in [5.74, 6) is 0.446. The molecule has 0 spiro atoms. The number of anilines is 1. The van der Waals surface area contributed by atoms with Gasteiger partial charge >= 0.3 is 5.97 Å². The van der Waals surface area contributed by atoms with Crippen LogP contribution in [0.3, 0.4) is 0 Å². The van der Waals surface area contributed by atoms with Crippen LogP contribution in [0.25, 0.3) is 5.69 Å². The molecule has 1 aromatic carbocycles. The van der Waals surface area contributed by atoms with Crippen molar-refractivity contribution >= 4 is 17.7 Å². The van der Waals surface area contributed by atoms with Crippen molar-refractivity contribution in [3.8, 4) is 5.69 Å². The third-order valence-corrected chi connectivity index (χ3v) is 7.97. The monoisotopic (exact) mass is 557 g/mol. The first kappa shape index (κ1) is 28.8. The van der Waals surface area contributed by atoms with E-state index in [1.165, 1.54) is 5.56 Å². The van der Waals surface area contributed by atoms with Crippen molar-refractivity contribution < 1.29 is 14.3 Å². The molecular formula is C33H43N5O3. The number of nitrogens with one attached hydrogen (secondary N) is 1. The molecule has 1 fully saturated rings. The molecule has 2 aliphatic rings. The molecule has 2 atom stereocenters. The topological polar surface area (TPSA) is 89.4 Å². The number of hydrogen-bond acceptors (Lipinski definition) is 6. The predicted molar refractivity (Wildman–Crippen MR) is 160 cm³/mol. The van der Waals surface area contributed by atoms with Gasteiger partial charge in [-0.15, -0.1) is 0 Å².